The molecule has 0 aliphatic carbocycles. The van der Waals surface area contributed by atoms with Gasteiger partial charge in [0.2, 0.25) is 0 Å². The third-order valence-electron chi connectivity index (χ3n) is 2.67. The fourth-order valence-electron chi connectivity index (χ4n) is 1.88. The van der Waals surface area contributed by atoms with Gasteiger partial charge >= 0.3 is 0 Å². The quantitative estimate of drug-likeness (QED) is 0.750. The van der Waals surface area contributed by atoms with Crippen molar-refractivity contribution in [2.75, 3.05) is 13.2 Å². The van der Waals surface area contributed by atoms with Crippen molar-refractivity contribution in [1.29, 1.82) is 0 Å². The highest BCUT2D eigenvalue weighted by atomic mass is 16.7. The summed E-state index contributed by atoms with van der Waals surface area (Å²) in [7, 11) is 0. The van der Waals surface area contributed by atoms with Crippen molar-refractivity contribution in [3.8, 4) is 0 Å². The van der Waals surface area contributed by atoms with Gasteiger partial charge in [0.05, 0.1) is 26.1 Å². The van der Waals surface area contributed by atoms with E-state index in [1.807, 2.05) is 0 Å². The molecule has 6 heteroatoms. The predicted molar refractivity (Wildman–Crippen MR) is 63.9 cm³/mol. The Bertz CT molecular complexity index is 397. The smallest absolute Gasteiger partial charge is 0.164 e. The van der Waals surface area contributed by atoms with Crippen molar-refractivity contribution in [3.63, 3.8) is 0 Å². The van der Waals surface area contributed by atoms with E-state index in [1.54, 1.807) is 4.68 Å². The Balaban J connectivity index is 1.88. The second kappa shape index (κ2) is 6.06. The number of Topliss-reactive ketones (excluding diaryl/α,β-unsaturated/α-hetero) is 1. The van der Waals surface area contributed by atoms with Crippen LogP contribution in [0, 0.1) is 5.92 Å². The van der Waals surface area contributed by atoms with Gasteiger partial charge in [-0.15, -0.1) is 0 Å². The van der Waals surface area contributed by atoms with Crippen LogP contribution in [0.3, 0.4) is 0 Å². The summed E-state index contributed by atoms with van der Waals surface area (Å²) in [6.45, 7) is 6.13. The van der Waals surface area contributed by atoms with Crippen LogP contribution in [0.15, 0.2) is 6.33 Å². The average Bonchev–Trinajstić information content (AvgIpc) is 2.91. The van der Waals surface area contributed by atoms with Crippen molar-refractivity contribution >= 4 is 5.78 Å². The molecule has 0 spiro atoms. The van der Waals surface area contributed by atoms with E-state index in [9.17, 15) is 4.79 Å². The topological polar surface area (TPSA) is 66.2 Å². The molecule has 1 fully saturated rings. The SMILES string of the molecule is CC(C)Cn1ncnc1CC(=O)CC1OCCO1. The Hall–Kier alpha value is -1.27. The van der Waals surface area contributed by atoms with Crippen molar-refractivity contribution in [2.24, 2.45) is 5.92 Å². The monoisotopic (exact) mass is 253 g/mol. The van der Waals surface area contributed by atoms with Crippen molar-refractivity contribution in [1.82, 2.24) is 14.8 Å². The number of carbonyl (C=O) groups is 1. The predicted octanol–water partition coefficient (Wildman–Crippen LogP) is 0.809. The zero-order chi connectivity index (χ0) is 13.0. The standard InChI is InChI=1S/C12H19N3O3/c1-9(2)7-15-11(13-8-14-15)5-10(16)6-12-17-3-4-18-12/h8-9,12H,3-7H2,1-2H3. The number of hydrogen-bond acceptors (Lipinski definition) is 5. The normalized spacial score (nSPS) is 16.6. The van der Waals surface area contributed by atoms with Gasteiger partial charge in [-0.05, 0) is 5.92 Å². The molecule has 0 saturated carbocycles. The maximum Gasteiger partial charge on any atom is 0.164 e. The van der Waals surface area contributed by atoms with E-state index in [0.29, 0.717) is 25.0 Å². The van der Waals surface area contributed by atoms with Gasteiger partial charge in [-0.1, -0.05) is 13.8 Å². The number of hydrogen-bond donors (Lipinski definition) is 0. The summed E-state index contributed by atoms with van der Waals surface area (Å²) in [5, 5.41) is 4.13. The summed E-state index contributed by atoms with van der Waals surface area (Å²) >= 11 is 0. The van der Waals surface area contributed by atoms with Crippen LogP contribution < -0.4 is 0 Å². The maximum atomic E-state index is 11.9. The van der Waals surface area contributed by atoms with E-state index in [0.717, 1.165) is 6.54 Å². The Morgan fingerprint density at radius 3 is 2.89 bits per heavy atom. The van der Waals surface area contributed by atoms with E-state index in [4.69, 9.17) is 9.47 Å². The number of nitrogens with zero attached hydrogens (tertiary/aromatic N) is 3. The molecule has 1 aromatic heterocycles. The highest BCUT2D eigenvalue weighted by Gasteiger charge is 2.21. The third kappa shape index (κ3) is 3.61. The molecule has 0 bridgehead atoms. The van der Waals surface area contributed by atoms with Crippen LogP contribution >= 0.6 is 0 Å². The Morgan fingerprint density at radius 2 is 2.22 bits per heavy atom. The summed E-state index contributed by atoms with van der Waals surface area (Å²) in [5.74, 6) is 1.26. The van der Waals surface area contributed by atoms with E-state index >= 15 is 0 Å². The van der Waals surface area contributed by atoms with Gasteiger partial charge < -0.3 is 9.47 Å². The lowest BCUT2D eigenvalue weighted by Crippen LogP contribution is -2.19. The van der Waals surface area contributed by atoms with Crippen LogP contribution in [0.2, 0.25) is 0 Å². The zero-order valence-electron chi connectivity index (χ0n) is 10.8. The Morgan fingerprint density at radius 1 is 1.50 bits per heavy atom. The zero-order valence-corrected chi connectivity index (χ0v) is 10.8. The Kier molecular flexibility index (Phi) is 4.43. The van der Waals surface area contributed by atoms with Crippen LogP contribution in [0.1, 0.15) is 26.1 Å². The van der Waals surface area contributed by atoms with Crippen molar-refractivity contribution < 1.29 is 14.3 Å². The van der Waals surface area contributed by atoms with Crippen LogP contribution in [-0.2, 0) is 27.2 Å². The van der Waals surface area contributed by atoms with Crippen molar-refractivity contribution in [3.05, 3.63) is 12.2 Å². The van der Waals surface area contributed by atoms with Gasteiger partial charge in [0, 0.05) is 6.54 Å². The van der Waals surface area contributed by atoms with Crippen molar-refractivity contribution in [2.45, 2.75) is 39.5 Å². The van der Waals surface area contributed by atoms with Gasteiger partial charge in [0.1, 0.15) is 17.9 Å². The minimum atomic E-state index is -0.376. The maximum absolute atomic E-state index is 11.9. The lowest BCUT2D eigenvalue weighted by Gasteiger charge is -2.09. The van der Waals surface area contributed by atoms with Crippen LogP contribution in [0.4, 0.5) is 0 Å². The highest BCUT2D eigenvalue weighted by molar-refractivity contribution is 5.80. The summed E-state index contributed by atoms with van der Waals surface area (Å²) in [6.07, 6.45) is 1.69. The third-order valence-corrected chi connectivity index (χ3v) is 2.67. The van der Waals surface area contributed by atoms with Crippen LogP contribution in [0.5, 0.6) is 0 Å². The number of ether oxygens (including phenoxy) is 2. The first-order chi connectivity index (χ1) is 8.65. The Labute approximate surface area is 106 Å². The highest BCUT2D eigenvalue weighted by Crippen LogP contribution is 2.10. The molecule has 0 unspecified atom stereocenters. The molecular formula is C12H19N3O3. The largest absolute Gasteiger partial charge is 0.350 e. The molecule has 0 aromatic carbocycles. The molecule has 2 rings (SSSR count). The molecule has 1 aromatic rings. The average molecular weight is 253 g/mol. The number of carbonyl (C=O) groups excluding carboxylic acids is 1. The molecule has 0 N–H and O–H groups in total. The molecule has 100 valence electrons. The van der Waals surface area contributed by atoms with Crippen LogP contribution in [-0.4, -0.2) is 40.1 Å². The molecule has 1 aliphatic heterocycles. The molecule has 2 heterocycles. The van der Waals surface area contributed by atoms with E-state index in [-0.39, 0.29) is 24.9 Å². The molecule has 0 amide bonds. The van der Waals surface area contributed by atoms with E-state index in [1.165, 1.54) is 6.33 Å². The molecule has 6 nitrogen and oxygen atoms in total. The second-order valence-electron chi connectivity index (χ2n) is 4.84. The number of aromatic nitrogens is 3. The van der Waals surface area contributed by atoms with Crippen LogP contribution in [0.25, 0.3) is 0 Å². The van der Waals surface area contributed by atoms with E-state index in [2.05, 4.69) is 23.9 Å². The first kappa shape index (κ1) is 13.2. The molecule has 1 aliphatic rings. The van der Waals surface area contributed by atoms with Gasteiger partial charge in [0.15, 0.2) is 6.29 Å². The first-order valence-electron chi connectivity index (χ1n) is 6.26. The molecule has 0 atom stereocenters. The molecule has 1 saturated heterocycles. The molecule has 18 heavy (non-hydrogen) atoms. The number of rotatable bonds is 6. The lowest BCUT2D eigenvalue weighted by molar-refractivity contribution is -0.126. The summed E-state index contributed by atoms with van der Waals surface area (Å²) < 4.78 is 12.3. The van der Waals surface area contributed by atoms with Gasteiger partial charge in [0.25, 0.3) is 0 Å². The summed E-state index contributed by atoms with van der Waals surface area (Å²) in [4.78, 5) is 16.0. The van der Waals surface area contributed by atoms with Gasteiger partial charge in [-0.25, -0.2) is 9.67 Å². The lowest BCUT2D eigenvalue weighted by atomic mass is 10.2. The fraction of sp³-hybridized carbons (Fsp3) is 0.750. The summed E-state index contributed by atoms with van der Waals surface area (Å²) in [6, 6.07) is 0. The van der Waals surface area contributed by atoms with Gasteiger partial charge in [-0.2, -0.15) is 5.10 Å². The number of ketones is 1. The van der Waals surface area contributed by atoms with E-state index < -0.39 is 0 Å². The molecule has 0 radical (unpaired) electrons. The first-order valence-corrected chi connectivity index (χ1v) is 6.26. The minimum absolute atomic E-state index is 0.0694. The fourth-order valence-corrected chi connectivity index (χ4v) is 1.88. The molecular weight excluding hydrogens is 234 g/mol. The summed E-state index contributed by atoms with van der Waals surface area (Å²) in [5.41, 5.74) is 0. The minimum Gasteiger partial charge on any atom is -0.350 e. The van der Waals surface area contributed by atoms with Gasteiger partial charge in [-0.3, -0.25) is 4.79 Å². The second-order valence-corrected chi connectivity index (χ2v) is 4.84.